The van der Waals surface area contributed by atoms with Crippen LogP contribution in [0.25, 0.3) is 99.4 Å². The van der Waals surface area contributed by atoms with Crippen LogP contribution in [-0.4, -0.2) is 25.8 Å². The number of hydrogen-bond acceptors (Lipinski definition) is 2. The molecule has 0 N–H and O–H groups in total. The van der Waals surface area contributed by atoms with E-state index < -0.39 is 0 Å². The Balaban J connectivity index is 1.19. The summed E-state index contributed by atoms with van der Waals surface area (Å²) in [6.07, 6.45) is 1.71. The maximum absolute atomic E-state index is 4.99. The third-order valence-corrected chi connectivity index (χ3v) is 12.2. The van der Waals surface area contributed by atoms with Crippen LogP contribution >= 0.6 is 0 Å². The van der Waals surface area contributed by atoms with Crippen molar-refractivity contribution in [2.45, 2.75) is 0 Å². The van der Waals surface area contributed by atoms with E-state index in [0.29, 0.717) is 0 Å². The Morgan fingerprint density at radius 2 is 0.909 bits per heavy atom. The first-order valence-electron chi connectivity index (χ1n) is 18.9. The van der Waals surface area contributed by atoms with Gasteiger partial charge in [-0.25, -0.2) is 9.97 Å². The van der Waals surface area contributed by atoms with E-state index in [0.717, 1.165) is 22.2 Å². The van der Waals surface area contributed by atoms with E-state index in [4.69, 9.17) is 4.98 Å². The lowest BCUT2D eigenvalue weighted by atomic mass is 9.34. The molecule has 5 heteroatoms. The van der Waals surface area contributed by atoms with Crippen molar-refractivity contribution in [3.05, 3.63) is 176 Å². The Labute approximate surface area is 316 Å². The van der Waals surface area contributed by atoms with E-state index in [9.17, 15) is 0 Å². The maximum Gasteiger partial charge on any atom is 0.252 e. The van der Waals surface area contributed by atoms with Crippen LogP contribution in [0.4, 0.5) is 0 Å². The fraction of sp³-hybridized carbons (Fsp3) is 0. The summed E-state index contributed by atoms with van der Waals surface area (Å²) in [5.41, 5.74) is 19.3. The highest BCUT2D eigenvalue weighted by molar-refractivity contribution is 7.00. The lowest BCUT2D eigenvalue weighted by molar-refractivity contribution is 1.14. The summed E-state index contributed by atoms with van der Waals surface area (Å²) in [7, 11) is 0. The second kappa shape index (κ2) is 10.7. The molecule has 0 aliphatic carbocycles. The Morgan fingerprint density at radius 1 is 0.382 bits per heavy atom. The molecule has 2 aliphatic rings. The highest BCUT2D eigenvalue weighted by Gasteiger charge is 2.41. The zero-order valence-corrected chi connectivity index (χ0v) is 29.6. The first-order valence-corrected chi connectivity index (χ1v) is 18.9. The molecule has 252 valence electrons. The van der Waals surface area contributed by atoms with Crippen molar-refractivity contribution in [1.82, 2.24) is 19.1 Å². The van der Waals surface area contributed by atoms with Gasteiger partial charge in [-0.3, -0.25) is 0 Å². The van der Waals surface area contributed by atoms with E-state index in [1.165, 1.54) is 93.6 Å². The van der Waals surface area contributed by atoms with Crippen molar-refractivity contribution in [2.24, 2.45) is 0 Å². The molecule has 13 rings (SSSR count). The Kier molecular flexibility index (Phi) is 5.68. The molecule has 55 heavy (non-hydrogen) atoms. The smallest absolute Gasteiger partial charge is 0.252 e. The summed E-state index contributed by atoms with van der Waals surface area (Å²) < 4.78 is 5.09. The molecule has 0 unspecified atom stereocenters. The van der Waals surface area contributed by atoms with Crippen molar-refractivity contribution in [1.29, 1.82) is 0 Å². The predicted octanol–water partition coefficient (Wildman–Crippen LogP) is 9.97. The summed E-state index contributed by atoms with van der Waals surface area (Å²) in [5, 5.41) is 6.13. The van der Waals surface area contributed by atoms with Crippen molar-refractivity contribution in [3.8, 4) is 44.9 Å². The summed E-state index contributed by atoms with van der Waals surface area (Å²) in [6, 6.07) is 62.4. The Bertz CT molecular complexity index is 3240. The molecule has 0 radical (unpaired) electrons. The molecule has 0 atom stereocenters. The molecule has 5 heterocycles. The van der Waals surface area contributed by atoms with Crippen LogP contribution in [0, 0.1) is 0 Å². The second-order valence-corrected chi connectivity index (χ2v) is 15.0. The van der Waals surface area contributed by atoms with Crippen molar-refractivity contribution < 1.29 is 0 Å². The van der Waals surface area contributed by atoms with Gasteiger partial charge in [-0.1, -0.05) is 127 Å². The fourth-order valence-corrected chi connectivity index (χ4v) is 9.92. The number of nitrogens with zero attached hydrogens (tertiary/aromatic N) is 4. The van der Waals surface area contributed by atoms with Gasteiger partial charge in [0.25, 0.3) is 6.71 Å². The molecule has 8 aromatic carbocycles. The van der Waals surface area contributed by atoms with Crippen LogP contribution < -0.4 is 16.4 Å². The van der Waals surface area contributed by atoms with Crippen molar-refractivity contribution >= 4 is 77.6 Å². The molecule has 0 saturated heterocycles. The van der Waals surface area contributed by atoms with E-state index >= 15 is 0 Å². The van der Waals surface area contributed by atoms with E-state index in [2.05, 4.69) is 178 Å². The third-order valence-electron chi connectivity index (χ3n) is 12.2. The monoisotopic (exact) mass is 696 g/mol. The molecule has 2 aliphatic heterocycles. The predicted molar refractivity (Wildman–Crippen MR) is 229 cm³/mol. The Morgan fingerprint density at radius 3 is 1.49 bits per heavy atom. The van der Waals surface area contributed by atoms with Gasteiger partial charge in [0.1, 0.15) is 6.33 Å². The molecule has 0 bridgehead atoms. The van der Waals surface area contributed by atoms with Crippen molar-refractivity contribution in [2.75, 3.05) is 0 Å². The summed E-state index contributed by atoms with van der Waals surface area (Å²) in [4.78, 5) is 9.64. The van der Waals surface area contributed by atoms with Crippen LogP contribution in [0.15, 0.2) is 176 Å². The minimum absolute atomic E-state index is 0.0596. The molecule has 0 saturated carbocycles. The fourth-order valence-electron chi connectivity index (χ4n) is 9.92. The van der Waals surface area contributed by atoms with E-state index in [1.54, 1.807) is 6.33 Å². The molecular formula is C50H29BN4. The van der Waals surface area contributed by atoms with Crippen LogP contribution in [0.1, 0.15) is 0 Å². The first-order chi connectivity index (χ1) is 27.3. The summed E-state index contributed by atoms with van der Waals surface area (Å²) in [6.45, 7) is 0.0596. The average molecular weight is 697 g/mol. The van der Waals surface area contributed by atoms with Crippen LogP contribution in [0.5, 0.6) is 0 Å². The van der Waals surface area contributed by atoms with Gasteiger partial charge in [-0.2, -0.15) is 0 Å². The van der Waals surface area contributed by atoms with Gasteiger partial charge in [0, 0.05) is 54.9 Å². The topological polar surface area (TPSA) is 35.6 Å². The second-order valence-electron chi connectivity index (χ2n) is 15.0. The molecular weight excluding hydrogens is 667 g/mol. The van der Waals surface area contributed by atoms with Crippen LogP contribution in [0.2, 0.25) is 0 Å². The quantitative estimate of drug-likeness (QED) is 0.173. The van der Waals surface area contributed by atoms with Gasteiger partial charge in [0.15, 0.2) is 0 Å². The van der Waals surface area contributed by atoms with Gasteiger partial charge >= 0.3 is 0 Å². The van der Waals surface area contributed by atoms with E-state index in [1.807, 2.05) is 6.07 Å². The zero-order chi connectivity index (χ0) is 35.8. The highest BCUT2D eigenvalue weighted by atomic mass is 15.0. The minimum Gasteiger partial charge on any atom is -0.310 e. The molecule has 0 spiro atoms. The van der Waals surface area contributed by atoms with Crippen LogP contribution in [0.3, 0.4) is 0 Å². The van der Waals surface area contributed by atoms with Gasteiger partial charge in [-0.05, 0) is 81.1 Å². The number of hydrogen-bond donors (Lipinski definition) is 0. The molecule has 3 aromatic heterocycles. The van der Waals surface area contributed by atoms with Crippen LogP contribution in [-0.2, 0) is 0 Å². The largest absolute Gasteiger partial charge is 0.310 e. The number of benzene rings is 8. The number of aromatic nitrogens is 4. The van der Waals surface area contributed by atoms with Crippen molar-refractivity contribution in [3.63, 3.8) is 0 Å². The molecule has 4 nitrogen and oxygen atoms in total. The van der Waals surface area contributed by atoms with E-state index in [-0.39, 0.29) is 6.71 Å². The molecule has 11 aromatic rings. The zero-order valence-electron chi connectivity index (χ0n) is 29.6. The molecule has 0 amide bonds. The Hall–Kier alpha value is -7.24. The number of rotatable bonds is 3. The third kappa shape index (κ3) is 3.86. The maximum atomic E-state index is 4.99. The first kappa shape index (κ1) is 29.2. The number of fused-ring (bicyclic) bond motifs is 11. The summed E-state index contributed by atoms with van der Waals surface area (Å²) in [5.74, 6) is 0. The summed E-state index contributed by atoms with van der Waals surface area (Å²) >= 11 is 0. The lowest BCUT2D eigenvalue weighted by Gasteiger charge is -2.34. The average Bonchev–Trinajstić information content (AvgIpc) is 3.77. The highest BCUT2D eigenvalue weighted by Crippen LogP contribution is 2.42. The number of para-hydroxylation sites is 3. The molecule has 0 fully saturated rings. The standard InChI is InChI=1S/C50H29BN4/c1-3-11-30(12-4-1)32-21-23-43-38(25-32)35-16-9-18-40-49(35)54(43)45-27-34(48-37-15-7-8-20-42(37)52-29-53-48)28-46-47(45)51(40)41-19-10-17-36-39-26-33(31-13-5-2-6-14-31)22-24-44(39)55(46)50(36)41/h1-29H. The van der Waals surface area contributed by atoms with Gasteiger partial charge in [-0.15, -0.1) is 0 Å². The SMILES string of the molecule is c1ccc(-c2ccc3c(c2)c2cccc4c2n3-c2cc(-c3ncnc5ccccc35)cc3c2B4c2cccc4c5cc(-c6ccccc6)ccc5n-3c24)cc1. The van der Waals surface area contributed by atoms with Gasteiger partial charge < -0.3 is 9.13 Å². The normalized spacial score (nSPS) is 12.7. The van der Waals surface area contributed by atoms with Gasteiger partial charge in [0.2, 0.25) is 0 Å². The van der Waals surface area contributed by atoms with Gasteiger partial charge in [0.05, 0.1) is 22.2 Å². The lowest BCUT2D eigenvalue weighted by Crippen LogP contribution is -2.59. The minimum atomic E-state index is 0.0596.